The molecule has 55 heavy (non-hydrogen) atoms. The third-order valence-corrected chi connectivity index (χ3v) is 11.7. The van der Waals surface area contributed by atoms with E-state index >= 15 is 0 Å². The minimum absolute atomic E-state index is 0.232. The summed E-state index contributed by atoms with van der Waals surface area (Å²) in [6.45, 7) is 4.81. The summed E-state index contributed by atoms with van der Waals surface area (Å²) in [5.74, 6) is 0.931. The zero-order valence-corrected chi connectivity index (χ0v) is 30.7. The molecule has 0 N–H and O–H groups in total. The number of aromatic nitrogens is 3. The molecular formula is C52H37N3. The highest BCUT2D eigenvalue weighted by molar-refractivity contribution is 6.14. The number of para-hydroxylation sites is 3. The van der Waals surface area contributed by atoms with Gasteiger partial charge in [-0.2, -0.15) is 0 Å². The quantitative estimate of drug-likeness (QED) is 0.175. The molecule has 2 aromatic heterocycles. The fraction of sp³-hybridized carbons (Fsp3) is 0.0577. The second-order valence-electron chi connectivity index (χ2n) is 15.2. The molecule has 0 spiro atoms. The molecule has 1 aliphatic carbocycles. The van der Waals surface area contributed by atoms with E-state index in [0.717, 1.165) is 33.8 Å². The van der Waals surface area contributed by atoms with Crippen LogP contribution in [0.15, 0.2) is 188 Å². The minimum atomic E-state index is -0.232. The molecule has 10 aromatic rings. The Morgan fingerprint density at radius 1 is 0.418 bits per heavy atom. The molecule has 0 aliphatic heterocycles. The molecule has 0 radical (unpaired) electrons. The zero-order valence-electron chi connectivity index (χ0n) is 30.7. The normalized spacial score (nSPS) is 13.1. The van der Waals surface area contributed by atoms with Crippen LogP contribution < -0.4 is 0 Å². The van der Waals surface area contributed by atoms with Gasteiger partial charge < -0.3 is 4.57 Å². The van der Waals surface area contributed by atoms with Gasteiger partial charge in [0.15, 0.2) is 0 Å². The van der Waals surface area contributed by atoms with Crippen LogP contribution in [0.3, 0.4) is 0 Å². The van der Waals surface area contributed by atoms with Crippen LogP contribution in [0.25, 0.3) is 89.0 Å². The van der Waals surface area contributed by atoms with Gasteiger partial charge >= 0.3 is 0 Å². The van der Waals surface area contributed by atoms with Crippen molar-refractivity contribution < 1.29 is 0 Å². The number of hydrogen-bond donors (Lipinski definition) is 0. The van der Waals surface area contributed by atoms with Crippen molar-refractivity contribution in [3.63, 3.8) is 0 Å². The predicted octanol–water partition coefficient (Wildman–Crippen LogP) is 13.4. The van der Waals surface area contributed by atoms with E-state index in [1.807, 2.05) is 0 Å². The molecular weight excluding hydrogens is 667 g/mol. The van der Waals surface area contributed by atoms with Crippen molar-refractivity contribution in [3.05, 3.63) is 199 Å². The van der Waals surface area contributed by atoms with Gasteiger partial charge in [0.25, 0.3) is 0 Å². The van der Waals surface area contributed by atoms with Crippen molar-refractivity contribution in [2.75, 3.05) is 0 Å². The lowest BCUT2D eigenvalue weighted by Crippen LogP contribution is -2.16. The summed E-state index contributed by atoms with van der Waals surface area (Å²) >= 11 is 0. The van der Waals surface area contributed by atoms with Crippen molar-refractivity contribution in [1.82, 2.24) is 14.1 Å². The first-order chi connectivity index (χ1) is 27.0. The van der Waals surface area contributed by atoms with Crippen LogP contribution >= 0.6 is 0 Å². The van der Waals surface area contributed by atoms with Crippen LogP contribution in [0.2, 0.25) is 0 Å². The third kappa shape index (κ3) is 4.79. The molecule has 3 nitrogen and oxygen atoms in total. The number of nitrogens with zero attached hydrogens (tertiary/aromatic N) is 3. The van der Waals surface area contributed by atoms with E-state index < -0.39 is 0 Å². The summed E-state index contributed by atoms with van der Waals surface area (Å²) in [6.07, 6.45) is 0. The van der Waals surface area contributed by atoms with Crippen LogP contribution in [0.1, 0.15) is 25.0 Å². The predicted molar refractivity (Wildman–Crippen MR) is 229 cm³/mol. The largest absolute Gasteiger partial charge is 0.309 e. The van der Waals surface area contributed by atoms with E-state index in [1.54, 1.807) is 0 Å². The fourth-order valence-corrected chi connectivity index (χ4v) is 9.10. The van der Waals surface area contributed by atoms with Crippen LogP contribution in [0.4, 0.5) is 0 Å². The second kappa shape index (κ2) is 12.0. The average molecular weight is 704 g/mol. The van der Waals surface area contributed by atoms with Crippen molar-refractivity contribution >= 4 is 32.8 Å². The van der Waals surface area contributed by atoms with Gasteiger partial charge in [-0.1, -0.05) is 135 Å². The maximum atomic E-state index is 5.16. The summed E-state index contributed by atoms with van der Waals surface area (Å²) in [5.41, 5.74) is 17.9. The maximum Gasteiger partial charge on any atom is 0.145 e. The molecule has 0 unspecified atom stereocenters. The van der Waals surface area contributed by atoms with Gasteiger partial charge in [-0.05, 0) is 111 Å². The van der Waals surface area contributed by atoms with E-state index in [9.17, 15) is 0 Å². The summed E-state index contributed by atoms with van der Waals surface area (Å²) in [5, 5.41) is 2.52. The summed E-state index contributed by atoms with van der Waals surface area (Å²) < 4.78 is 4.78. The lowest BCUT2D eigenvalue weighted by Gasteiger charge is -2.24. The summed E-state index contributed by atoms with van der Waals surface area (Å²) in [7, 11) is 0. The Bertz CT molecular complexity index is 3080. The first-order valence-electron chi connectivity index (χ1n) is 19.1. The van der Waals surface area contributed by atoms with E-state index in [-0.39, 0.29) is 5.41 Å². The molecule has 260 valence electrons. The van der Waals surface area contributed by atoms with Crippen LogP contribution in [-0.2, 0) is 5.41 Å². The Balaban J connectivity index is 1.14. The van der Waals surface area contributed by atoms with E-state index in [0.29, 0.717) is 0 Å². The number of rotatable bonds is 5. The number of hydrogen-bond acceptors (Lipinski definition) is 1. The highest BCUT2D eigenvalue weighted by Gasteiger charge is 2.39. The van der Waals surface area contributed by atoms with Crippen LogP contribution in [-0.4, -0.2) is 14.1 Å². The molecule has 0 saturated heterocycles. The smallest absolute Gasteiger partial charge is 0.145 e. The second-order valence-corrected chi connectivity index (χ2v) is 15.2. The highest BCUT2D eigenvalue weighted by Crippen LogP contribution is 2.54. The minimum Gasteiger partial charge on any atom is -0.309 e. The number of fused-ring (bicyclic) bond motifs is 8. The number of benzene rings is 8. The van der Waals surface area contributed by atoms with Crippen molar-refractivity contribution in [1.29, 1.82) is 0 Å². The number of imidazole rings is 1. The van der Waals surface area contributed by atoms with Crippen LogP contribution in [0.5, 0.6) is 0 Å². The van der Waals surface area contributed by atoms with E-state index in [1.165, 1.54) is 66.3 Å². The maximum absolute atomic E-state index is 5.16. The van der Waals surface area contributed by atoms with Gasteiger partial charge in [0.2, 0.25) is 0 Å². The molecule has 0 bridgehead atoms. The van der Waals surface area contributed by atoms with Gasteiger partial charge in [0.05, 0.1) is 22.1 Å². The van der Waals surface area contributed by atoms with Crippen LogP contribution in [0, 0.1) is 0 Å². The molecule has 8 aromatic carbocycles. The van der Waals surface area contributed by atoms with Gasteiger partial charge in [-0.25, -0.2) is 4.98 Å². The zero-order chi connectivity index (χ0) is 36.7. The molecule has 2 heterocycles. The standard InChI is InChI=1S/C52H37N3/c1-52(2)45-33-38(35-16-8-4-9-17-35)24-28-41(45)42-29-30-43-44-32-37(34-14-6-3-7-15-34)25-31-47(44)54(50(43)49(42)52)40-26-22-36(23-27-40)51-53-46-20-12-13-21-48(46)55(51)39-18-10-5-11-19-39/h3-33H,1-2H3. The van der Waals surface area contributed by atoms with Gasteiger partial charge in [0, 0.05) is 33.1 Å². The summed E-state index contributed by atoms with van der Waals surface area (Å²) in [4.78, 5) is 5.16. The topological polar surface area (TPSA) is 22.8 Å². The molecule has 0 atom stereocenters. The monoisotopic (exact) mass is 703 g/mol. The Morgan fingerprint density at radius 2 is 1.00 bits per heavy atom. The van der Waals surface area contributed by atoms with Gasteiger partial charge in [0.1, 0.15) is 5.82 Å². The highest BCUT2D eigenvalue weighted by atomic mass is 15.1. The Kier molecular flexibility index (Phi) is 6.90. The first kappa shape index (κ1) is 31.5. The molecule has 0 fully saturated rings. The van der Waals surface area contributed by atoms with Crippen molar-refractivity contribution in [3.8, 4) is 56.1 Å². The fourth-order valence-electron chi connectivity index (χ4n) is 9.10. The Morgan fingerprint density at radius 3 is 1.73 bits per heavy atom. The lowest BCUT2D eigenvalue weighted by molar-refractivity contribution is 0.664. The van der Waals surface area contributed by atoms with Gasteiger partial charge in [-0.15, -0.1) is 0 Å². The van der Waals surface area contributed by atoms with Gasteiger partial charge in [-0.3, -0.25) is 4.57 Å². The van der Waals surface area contributed by atoms with E-state index in [4.69, 9.17) is 4.98 Å². The molecule has 11 rings (SSSR count). The van der Waals surface area contributed by atoms with Crippen molar-refractivity contribution in [2.45, 2.75) is 19.3 Å². The third-order valence-electron chi connectivity index (χ3n) is 11.7. The SMILES string of the molecule is CC1(C)c2cc(-c3ccccc3)ccc2-c2ccc3c4cc(-c5ccccc5)ccc4n(-c4ccc(-c5nc6ccccc6n5-c5ccccc5)cc4)c3c21. The molecule has 0 saturated carbocycles. The first-order valence-corrected chi connectivity index (χ1v) is 19.1. The lowest BCUT2D eigenvalue weighted by atomic mass is 9.80. The van der Waals surface area contributed by atoms with E-state index in [2.05, 4.69) is 211 Å². The Hall–Kier alpha value is -6.97. The Labute approximate surface area is 320 Å². The average Bonchev–Trinajstić information content (AvgIpc) is 3.87. The summed E-state index contributed by atoms with van der Waals surface area (Å²) in [6, 6.07) is 68.1. The molecule has 1 aliphatic rings. The molecule has 0 amide bonds. The molecule has 3 heteroatoms. The van der Waals surface area contributed by atoms with Crippen molar-refractivity contribution in [2.24, 2.45) is 0 Å².